The molecule has 4 N–H and O–H groups in total. The van der Waals surface area contributed by atoms with E-state index in [-0.39, 0.29) is 29.4 Å². The zero-order chi connectivity index (χ0) is 23.1. The van der Waals surface area contributed by atoms with Gasteiger partial charge in [-0.2, -0.15) is 0 Å². The average molecular weight is 456 g/mol. The number of anilines is 3. The monoisotopic (exact) mass is 455 g/mol. The number of aromatic nitrogens is 1. The predicted octanol–water partition coefficient (Wildman–Crippen LogP) is 2.79. The Balaban J connectivity index is 1.45. The lowest BCUT2D eigenvalue weighted by Crippen LogP contribution is -2.41. The van der Waals surface area contributed by atoms with Crippen molar-refractivity contribution < 1.29 is 14.4 Å². The molecule has 0 aliphatic carbocycles. The Labute approximate surface area is 192 Å². The maximum Gasteiger partial charge on any atom is 0.237 e. The van der Waals surface area contributed by atoms with Gasteiger partial charge in [0.2, 0.25) is 17.7 Å². The van der Waals surface area contributed by atoms with Gasteiger partial charge >= 0.3 is 0 Å². The van der Waals surface area contributed by atoms with Crippen LogP contribution >= 0.6 is 11.8 Å². The fourth-order valence-electron chi connectivity index (χ4n) is 3.42. The highest BCUT2D eigenvalue weighted by molar-refractivity contribution is 8.01. The van der Waals surface area contributed by atoms with Crippen LogP contribution in [-0.2, 0) is 14.4 Å². The van der Waals surface area contributed by atoms with Gasteiger partial charge in [0.25, 0.3) is 0 Å². The number of hydrogen-bond acceptors (Lipinski definition) is 6. The second kappa shape index (κ2) is 11.0. The second-order valence-electron chi connectivity index (χ2n) is 7.95. The molecule has 1 fully saturated rings. The molecule has 3 amide bonds. The number of thioether (sulfide) groups is 1. The van der Waals surface area contributed by atoms with E-state index in [1.165, 1.54) is 11.8 Å². The lowest BCUT2D eigenvalue weighted by atomic mass is 9.97. The molecule has 1 aromatic carbocycles. The highest BCUT2D eigenvalue weighted by Gasteiger charge is 2.24. The van der Waals surface area contributed by atoms with Crippen LogP contribution in [0.25, 0.3) is 0 Å². The first-order chi connectivity index (χ1) is 15.3. The fraction of sp³-hybridized carbons (Fsp3) is 0.391. The Bertz CT molecular complexity index is 949. The zero-order valence-electron chi connectivity index (χ0n) is 18.3. The van der Waals surface area contributed by atoms with Crippen molar-refractivity contribution >= 4 is 46.7 Å². The van der Waals surface area contributed by atoms with E-state index >= 15 is 0 Å². The van der Waals surface area contributed by atoms with Crippen molar-refractivity contribution in [2.24, 2.45) is 11.7 Å². The van der Waals surface area contributed by atoms with Crippen molar-refractivity contribution in [3.8, 4) is 0 Å². The lowest BCUT2D eigenvalue weighted by molar-refractivity contribution is -0.122. The van der Waals surface area contributed by atoms with Crippen molar-refractivity contribution in [2.75, 3.05) is 34.4 Å². The van der Waals surface area contributed by atoms with Gasteiger partial charge in [-0.3, -0.25) is 14.4 Å². The number of hydrogen-bond donors (Lipinski definition) is 3. The molecule has 0 radical (unpaired) electrons. The van der Waals surface area contributed by atoms with Crippen LogP contribution in [-0.4, -0.2) is 46.8 Å². The molecule has 9 heteroatoms. The van der Waals surface area contributed by atoms with E-state index in [0.29, 0.717) is 12.2 Å². The molecule has 170 valence electrons. The minimum atomic E-state index is -0.406. The summed E-state index contributed by atoms with van der Waals surface area (Å²) in [4.78, 5) is 42.5. The van der Waals surface area contributed by atoms with Gasteiger partial charge in [-0.15, -0.1) is 11.8 Å². The summed E-state index contributed by atoms with van der Waals surface area (Å²) >= 11 is 1.27. The van der Waals surface area contributed by atoms with Crippen LogP contribution in [0, 0.1) is 12.8 Å². The van der Waals surface area contributed by atoms with Crippen molar-refractivity contribution in [1.82, 2.24) is 4.98 Å². The molecule has 32 heavy (non-hydrogen) atoms. The first-order valence-corrected chi connectivity index (χ1v) is 11.7. The van der Waals surface area contributed by atoms with Gasteiger partial charge in [-0.25, -0.2) is 4.98 Å². The first-order valence-electron chi connectivity index (χ1n) is 10.6. The summed E-state index contributed by atoms with van der Waals surface area (Å²) in [5.74, 6) is 0.142. The van der Waals surface area contributed by atoms with E-state index in [1.54, 1.807) is 19.2 Å². The minimum absolute atomic E-state index is 0.152. The third-order valence-electron chi connectivity index (χ3n) is 5.33. The van der Waals surface area contributed by atoms with Crippen molar-refractivity contribution in [2.45, 2.75) is 31.9 Å². The number of primary amides is 1. The van der Waals surface area contributed by atoms with Gasteiger partial charge in [-0.1, -0.05) is 17.7 Å². The summed E-state index contributed by atoms with van der Waals surface area (Å²) < 4.78 is 0. The average Bonchev–Trinajstić information content (AvgIpc) is 2.79. The number of nitrogens with zero attached hydrogens (tertiary/aromatic N) is 2. The Hall–Kier alpha value is -3.07. The number of nitrogens with one attached hydrogen (secondary N) is 2. The predicted molar refractivity (Wildman–Crippen MR) is 129 cm³/mol. The summed E-state index contributed by atoms with van der Waals surface area (Å²) in [7, 11) is 0. The van der Waals surface area contributed by atoms with Gasteiger partial charge in [0.05, 0.1) is 28.8 Å². The molecule has 1 aromatic heterocycles. The molecule has 2 heterocycles. The fourth-order valence-corrected chi connectivity index (χ4v) is 4.10. The van der Waals surface area contributed by atoms with E-state index < -0.39 is 5.25 Å². The highest BCUT2D eigenvalue weighted by Crippen LogP contribution is 2.23. The Morgan fingerprint density at radius 3 is 2.53 bits per heavy atom. The zero-order valence-corrected chi connectivity index (χ0v) is 19.2. The second-order valence-corrected chi connectivity index (χ2v) is 9.28. The molecule has 0 spiro atoms. The van der Waals surface area contributed by atoms with E-state index in [4.69, 9.17) is 5.73 Å². The van der Waals surface area contributed by atoms with Crippen LogP contribution in [0.1, 0.15) is 25.3 Å². The quantitative estimate of drug-likeness (QED) is 0.563. The van der Waals surface area contributed by atoms with Crippen molar-refractivity contribution in [3.63, 3.8) is 0 Å². The van der Waals surface area contributed by atoms with Gasteiger partial charge < -0.3 is 21.3 Å². The molecule has 2 aromatic rings. The van der Waals surface area contributed by atoms with E-state index in [1.807, 2.05) is 42.2 Å². The highest BCUT2D eigenvalue weighted by atomic mass is 32.2. The summed E-state index contributed by atoms with van der Waals surface area (Å²) in [6.07, 6.45) is 3.29. The third-order valence-corrected chi connectivity index (χ3v) is 6.48. The Morgan fingerprint density at radius 1 is 1.16 bits per heavy atom. The molecule has 1 saturated heterocycles. The molecule has 3 rings (SSSR count). The topological polar surface area (TPSA) is 117 Å². The molecule has 1 aliphatic rings. The molecule has 2 unspecified atom stereocenters. The van der Waals surface area contributed by atoms with Crippen LogP contribution in [0.4, 0.5) is 17.2 Å². The number of aryl methyl sites for hydroxylation is 1. The molecule has 0 saturated carbocycles. The van der Waals surface area contributed by atoms with E-state index in [9.17, 15) is 14.4 Å². The van der Waals surface area contributed by atoms with Gasteiger partial charge in [0.15, 0.2) is 0 Å². The Morgan fingerprint density at radius 2 is 1.88 bits per heavy atom. The van der Waals surface area contributed by atoms with Gasteiger partial charge in [0, 0.05) is 18.8 Å². The number of piperidine rings is 1. The minimum Gasteiger partial charge on any atom is -0.369 e. The summed E-state index contributed by atoms with van der Waals surface area (Å²) in [5, 5.41) is 5.25. The van der Waals surface area contributed by atoms with Crippen molar-refractivity contribution in [3.05, 3.63) is 48.2 Å². The van der Waals surface area contributed by atoms with Crippen molar-refractivity contribution in [1.29, 1.82) is 0 Å². The van der Waals surface area contributed by atoms with Crippen LogP contribution in [0.3, 0.4) is 0 Å². The standard InChI is InChI=1S/C23H29N5O3S/c1-15-5-7-18(8-6-15)26-21(29)14-32-16(2)23(31)27-19-9-10-20(25-12-19)28-11-3-4-17(13-28)22(24)30/h5-10,12,16-17H,3-4,11,13-14H2,1-2H3,(H2,24,30)(H,26,29)(H,27,31). The number of benzene rings is 1. The number of pyridine rings is 1. The summed E-state index contributed by atoms with van der Waals surface area (Å²) in [6, 6.07) is 11.2. The number of rotatable bonds is 8. The molecule has 2 atom stereocenters. The van der Waals surface area contributed by atoms with Crippen LogP contribution < -0.4 is 21.3 Å². The number of amides is 3. The summed E-state index contributed by atoms with van der Waals surface area (Å²) in [5.41, 5.74) is 7.88. The Kier molecular flexibility index (Phi) is 8.10. The molecule has 1 aliphatic heterocycles. The molecule has 0 bridgehead atoms. The lowest BCUT2D eigenvalue weighted by Gasteiger charge is -2.32. The largest absolute Gasteiger partial charge is 0.369 e. The number of nitrogens with two attached hydrogens (primary N) is 1. The third kappa shape index (κ3) is 6.71. The smallest absolute Gasteiger partial charge is 0.237 e. The maximum atomic E-state index is 12.5. The van der Waals surface area contributed by atoms with E-state index in [0.717, 1.165) is 36.5 Å². The molecular weight excluding hydrogens is 426 g/mol. The summed E-state index contributed by atoms with van der Waals surface area (Å²) in [6.45, 7) is 5.13. The van der Waals surface area contributed by atoms with Crippen LogP contribution in [0.2, 0.25) is 0 Å². The van der Waals surface area contributed by atoms with Gasteiger partial charge in [0.1, 0.15) is 5.82 Å². The van der Waals surface area contributed by atoms with E-state index in [2.05, 4.69) is 15.6 Å². The maximum absolute atomic E-state index is 12.5. The molecule has 8 nitrogen and oxygen atoms in total. The van der Waals surface area contributed by atoms with Crippen LogP contribution in [0.5, 0.6) is 0 Å². The molecular formula is C23H29N5O3S. The normalized spacial score (nSPS) is 16.8. The number of carbonyl (C=O) groups excluding carboxylic acids is 3. The van der Waals surface area contributed by atoms with Crippen LogP contribution in [0.15, 0.2) is 42.6 Å². The SMILES string of the molecule is Cc1ccc(NC(=O)CSC(C)C(=O)Nc2ccc(N3CCCC(C(N)=O)C3)nc2)cc1. The van der Waals surface area contributed by atoms with Gasteiger partial charge in [-0.05, 0) is 51.0 Å². The number of carbonyl (C=O) groups is 3. The first kappa shape index (κ1) is 23.6.